The van der Waals surface area contributed by atoms with Crippen molar-refractivity contribution in [1.29, 1.82) is 0 Å². The Kier molecular flexibility index (Phi) is 2.28. The van der Waals surface area contributed by atoms with Crippen LogP contribution < -0.4 is 0 Å². The third-order valence-electron chi connectivity index (χ3n) is 1.44. The predicted molar refractivity (Wildman–Crippen MR) is 41.4 cm³/mol. The number of rotatable bonds is 2. The first-order valence-corrected chi connectivity index (χ1v) is 3.24. The van der Waals surface area contributed by atoms with Gasteiger partial charge in [0.2, 0.25) is 5.75 Å². The van der Waals surface area contributed by atoms with E-state index in [-0.39, 0.29) is 0 Å². The molecule has 0 spiro atoms. The monoisotopic (exact) mass is 202 g/mol. The van der Waals surface area contributed by atoms with Gasteiger partial charge in [-0.1, -0.05) is 0 Å². The number of hydrogen-bond acceptors (Lipinski definition) is 5. The Morgan fingerprint density at radius 1 is 1.21 bits per heavy atom. The summed E-state index contributed by atoms with van der Waals surface area (Å²) in [6.07, 6.45) is 0. The molecule has 0 amide bonds. The third-order valence-corrected chi connectivity index (χ3v) is 1.44. The Balaban J connectivity index is 3.43. The number of benzene rings is 1. The maximum Gasteiger partial charge on any atom is 0.320 e. The van der Waals surface area contributed by atoms with Gasteiger partial charge in [0.25, 0.3) is 5.69 Å². The average Bonchev–Trinajstić information content (AvgIpc) is 2.08. The lowest BCUT2D eigenvalue weighted by Crippen LogP contribution is -1.95. The van der Waals surface area contributed by atoms with E-state index in [4.69, 9.17) is 5.11 Å². The molecule has 8 heteroatoms. The Morgan fingerprint density at radius 2 is 1.79 bits per heavy atom. The molecule has 0 atom stereocenters. The van der Waals surface area contributed by atoms with Crippen LogP contribution in [0.5, 0.6) is 5.75 Å². The van der Waals surface area contributed by atoms with Crippen LogP contribution in [0.2, 0.25) is 0 Å². The number of nitro benzene ring substituents is 2. The molecule has 0 aromatic heterocycles. The van der Waals surface area contributed by atoms with Gasteiger partial charge >= 0.3 is 5.69 Å². The summed E-state index contributed by atoms with van der Waals surface area (Å²) in [6, 6.07) is 0.890. The second-order valence-corrected chi connectivity index (χ2v) is 2.31. The Hall–Kier alpha value is -2.25. The van der Waals surface area contributed by atoms with E-state index in [0.717, 1.165) is 0 Å². The second-order valence-electron chi connectivity index (χ2n) is 2.31. The molecular weight excluding hydrogens is 199 g/mol. The number of aromatic hydroxyl groups is 1. The molecule has 0 aliphatic carbocycles. The van der Waals surface area contributed by atoms with E-state index in [9.17, 15) is 24.6 Å². The van der Waals surface area contributed by atoms with Crippen molar-refractivity contribution < 1.29 is 19.3 Å². The maximum atomic E-state index is 12.7. The van der Waals surface area contributed by atoms with Crippen molar-refractivity contribution >= 4 is 11.4 Å². The highest BCUT2D eigenvalue weighted by Crippen LogP contribution is 2.32. The van der Waals surface area contributed by atoms with E-state index in [2.05, 4.69) is 0 Å². The number of nitrogens with zero attached hydrogens (tertiary/aromatic N) is 2. The molecule has 7 nitrogen and oxygen atoms in total. The van der Waals surface area contributed by atoms with Gasteiger partial charge in [-0.15, -0.1) is 0 Å². The van der Waals surface area contributed by atoms with Crippen LogP contribution in [0.3, 0.4) is 0 Å². The van der Waals surface area contributed by atoms with Gasteiger partial charge in [-0.25, -0.2) is 4.39 Å². The summed E-state index contributed by atoms with van der Waals surface area (Å²) in [7, 11) is 0. The van der Waals surface area contributed by atoms with Gasteiger partial charge in [0.15, 0.2) is 5.82 Å². The van der Waals surface area contributed by atoms with Crippen LogP contribution in [0.1, 0.15) is 0 Å². The number of phenolic OH excluding ortho intramolecular Hbond substituents is 1. The fourth-order valence-corrected chi connectivity index (χ4v) is 0.815. The predicted octanol–water partition coefficient (Wildman–Crippen LogP) is 1.35. The van der Waals surface area contributed by atoms with E-state index in [0.29, 0.717) is 12.1 Å². The fraction of sp³-hybridized carbons (Fsp3) is 0. The molecule has 74 valence electrons. The molecule has 0 unspecified atom stereocenters. The third kappa shape index (κ3) is 1.58. The van der Waals surface area contributed by atoms with Gasteiger partial charge in [0.05, 0.1) is 22.0 Å². The van der Waals surface area contributed by atoms with Crippen molar-refractivity contribution in [1.82, 2.24) is 0 Å². The average molecular weight is 202 g/mol. The Bertz CT molecular complexity index is 419. The molecule has 0 bridgehead atoms. The highest BCUT2D eigenvalue weighted by atomic mass is 19.1. The molecule has 0 saturated carbocycles. The summed E-state index contributed by atoms with van der Waals surface area (Å²) in [6.45, 7) is 0. The standard InChI is InChI=1S/C6H3FN2O5/c7-4-1-3(8(11)12)2-5(6(4)10)9(13)14/h1-2,10H. The highest BCUT2D eigenvalue weighted by molar-refractivity contribution is 5.53. The molecule has 1 aromatic rings. The summed E-state index contributed by atoms with van der Waals surface area (Å²) in [5, 5.41) is 29.2. The van der Waals surface area contributed by atoms with Crippen molar-refractivity contribution in [3.8, 4) is 5.75 Å². The van der Waals surface area contributed by atoms with Gasteiger partial charge in [-0.05, 0) is 0 Å². The second kappa shape index (κ2) is 3.24. The fourth-order valence-electron chi connectivity index (χ4n) is 0.815. The van der Waals surface area contributed by atoms with Crippen molar-refractivity contribution in [2.24, 2.45) is 0 Å². The molecule has 0 aliphatic heterocycles. The summed E-state index contributed by atoms with van der Waals surface area (Å²) < 4.78 is 12.7. The Morgan fingerprint density at radius 3 is 2.21 bits per heavy atom. The molecule has 0 fully saturated rings. The number of non-ortho nitro benzene ring substituents is 1. The van der Waals surface area contributed by atoms with Crippen molar-refractivity contribution in [3.05, 3.63) is 38.2 Å². The minimum Gasteiger partial charge on any atom is -0.500 e. The van der Waals surface area contributed by atoms with Crippen LogP contribution in [0.15, 0.2) is 12.1 Å². The molecule has 1 aromatic carbocycles. The first-order valence-electron chi connectivity index (χ1n) is 3.24. The molecule has 0 aliphatic rings. The van der Waals surface area contributed by atoms with Crippen LogP contribution in [-0.2, 0) is 0 Å². The van der Waals surface area contributed by atoms with E-state index in [1.165, 1.54) is 0 Å². The molecule has 14 heavy (non-hydrogen) atoms. The SMILES string of the molecule is O=[N+]([O-])c1cc(F)c(O)c([N+](=O)[O-])c1. The number of halogens is 1. The van der Waals surface area contributed by atoms with Gasteiger partial charge < -0.3 is 5.11 Å². The van der Waals surface area contributed by atoms with Gasteiger partial charge in [-0.2, -0.15) is 0 Å². The van der Waals surface area contributed by atoms with Crippen molar-refractivity contribution in [2.75, 3.05) is 0 Å². The Labute approximate surface area is 75.7 Å². The number of phenols is 1. The quantitative estimate of drug-likeness (QED) is 0.575. The first kappa shape index (κ1) is 9.84. The number of hydrogen-bond donors (Lipinski definition) is 1. The van der Waals surface area contributed by atoms with Crippen LogP contribution >= 0.6 is 0 Å². The summed E-state index contributed by atoms with van der Waals surface area (Å²) in [5.74, 6) is -2.61. The molecule has 0 radical (unpaired) electrons. The lowest BCUT2D eigenvalue weighted by molar-refractivity contribution is -0.395. The normalized spacial score (nSPS) is 9.79. The van der Waals surface area contributed by atoms with E-state index in [1.54, 1.807) is 0 Å². The molecule has 1 N–H and O–H groups in total. The lowest BCUT2D eigenvalue weighted by Gasteiger charge is -1.97. The van der Waals surface area contributed by atoms with Crippen LogP contribution in [0.25, 0.3) is 0 Å². The molecule has 0 heterocycles. The molecular formula is C6H3FN2O5. The lowest BCUT2D eigenvalue weighted by atomic mass is 10.2. The summed E-state index contributed by atoms with van der Waals surface area (Å²) >= 11 is 0. The summed E-state index contributed by atoms with van der Waals surface area (Å²) in [5.41, 5.74) is -1.82. The minimum absolute atomic E-state index is 0.405. The van der Waals surface area contributed by atoms with E-state index < -0.39 is 32.8 Å². The van der Waals surface area contributed by atoms with Gasteiger partial charge in [0.1, 0.15) is 0 Å². The van der Waals surface area contributed by atoms with E-state index in [1.807, 2.05) is 0 Å². The van der Waals surface area contributed by atoms with Crippen molar-refractivity contribution in [2.45, 2.75) is 0 Å². The zero-order chi connectivity index (χ0) is 10.9. The zero-order valence-corrected chi connectivity index (χ0v) is 6.51. The van der Waals surface area contributed by atoms with Gasteiger partial charge in [0, 0.05) is 0 Å². The number of nitro groups is 2. The molecule has 1 rings (SSSR count). The smallest absolute Gasteiger partial charge is 0.320 e. The van der Waals surface area contributed by atoms with Crippen LogP contribution in [-0.4, -0.2) is 15.0 Å². The summed E-state index contributed by atoms with van der Waals surface area (Å²) in [4.78, 5) is 18.3. The first-order chi connectivity index (χ1) is 6.43. The minimum atomic E-state index is -1.40. The van der Waals surface area contributed by atoms with Crippen LogP contribution in [0, 0.1) is 26.0 Å². The topological polar surface area (TPSA) is 107 Å². The van der Waals surface area contributed by atoms with Crippen LogP contribution in [0.4, 0.5) is 15.8 Å². The maximum absolute atomic E-state index is 12.7. The van der Waals surface area contributed by atoms with Crippen molar-refractivity contribution in [3.63, 3.8) is 0 Å². The zero-order valence-electron chi connectivity index (χ0n) is 6.51. The molecule has 0 saturated heterocycles. The van der Waals surface area contributed by atoms with Gasteiger partial charge in [-0.3, -0.25) is 20.2 Å². The van der Waals surface area contributed by atoms with E-state index >= 15 is 0 Å². The largest absolute Gasteiger partial charge is 0.500 e. The highest BCUT2D eigenvalue weighted by Gasteiger charge is 2.23.